The fourth-order valence-electron chi connectivity index (χ4n) is 1.76. The molecule has 0 fully saturated rings. The Hall–Kier alpha value is -1.63. The maximum absolute atomic E-state index is 12.1. The summed E-state index contributed by atoms with van der Waals surface area (Å²) in [4.78, 5) is 17.4. The number of rotatable bonds is 5. The summed E-state index contributed by atoms with van der Waals surface area (Å²) in [5.74, 6) is 5.36. The van der Waals surface area contributed by atoms with Gasteiger partial charge in [-0.2, -0.15) is 0 Å². The molecule has 0 radical (unpaired) electrons. The first-order valence-corrected chi connectivity index (χ1v) is 7.32. The van der Waals surface area contributed by atoms with Crippen molar-refractivity contribution in [1.29, 1.82) is 0 Å². The lowest BCUT2D eigenvalue weighted by Crippen LogP contribution is -2.34. The Labute approximate surface area is 126 Å². The first-order valence-electron chi connectivity index (χ1n) is 6.06. The monoisotopic (exact) mass is 310 g/mol. The van der Waals surface area contributed by atoms with Crippen LogP contribution in [0.2, 0.25) is 5.02 Å². The molecule has 2 aromatic heterocycles. The molecule has 4 N–H and O–H groups in total. The lowest BCUT2D eigenvalue weighted by Gasteiger charge is -2.13. The molecule has 0 spiro atoms. The molecule has 1 amide bonds. The number of carbonyl (C=O) groups is 1. The standard InChI is InChI=1S/C13H15ClN4OS/c1-8(7-9-3-2-6-20-9)16-13(19)12-10(14)4-5-11(17-12)18-15/h2-6,8H,7,15H2,1H3,(H,16,19)(H,17,18). The van der Waals surface area contributed by atoms with Crippen molar-refractivity contribution in [3.05, 3.63) is 45.2 Å². The zero-order chi connectivity index (χ0) is 14.5. The summed E-state index contributed by atoms with van der Waals surface area (Å²) in [5.41, 5.74) is 2.56. The SMILES string of the molecule is CC(Cc1cccs1)NC(=O)c1nc(NN)ccc1Cl. The number of carbonyl (C=O) groups excluding carboxylic acids is 1. The van der Waals surface area contributed by atoms with E-state index in [1.54, 1.807) is 23.5 Å². The number of pyridine rings is 1. The minimum atomic E-state index is -0.309. The molecule has 20 heavy (non-hydrogen) atoms. The van der Waals surface area contributed by atoms with Crippen LogP contribution in [-0.4, -0.2) is 16.9 Å². The zero-order valence-corrected chi connectivity index (χ0v) is 12.5. The van der Waals surface area contributed by atoms with Crippen molar-refractivity contribution >= 4 is 34.7 Å². The Balaban J connectivity index is 2.04. The molecule has 0 saturated heterocycles. The van der Waals surface area contributed by atoms with Crippen molar-refractivity contribution in [3.63, 3.8) is 0 Å². The number of halogens is 1. The molecule has 0 aliphatic rings. The Bertz CT molecular complexity index is 588. The highest BCUT2D eigenvalue weighted by molar-refractivity contribution is 7.09. The summed E-state index contributed by atoms with van der Waals surface area (Å²) in [6.07, 6.45) is 0.774. The van der Waals surface area contributed by atoms with Crippen LogP contribution in [0.1, 0.15) is 22.3 Å². The van der Waals surface area contributed by atoms with E-state index in [1.807, 2.05) is 24.4 Å². The summed E-state index contributed by atoms with van der Waals surface area (Å²) in [6.45, 7) is 1.94. The summed E-state index contributed by atoms with van der Waals surface area (Å²) in [5, 5.41) is 5.19. The quantitative estimate of drug-likeness (QED) is 0.585. The van der Waals surface area contributed by atoms with Crippen LogP contribution in [0, 0.1) is 0 Å². The van der Waals surface area contributed by atoms with Gasteiger partial charge in [-0.15, -0.1) is 11.3 Å². The maximum atomic E-state index is 12.1. The molecular formula is C13H15ClN4OS. The number of amides is 1. The molecule has 1 atom stereocenters. The number of nitrogens with one attached hydrogen (secondary N) is 2. The summed E-state index contributed by atoms with van der Waals surface area (Å²) in [7, 11) is 0. The number of hydrazine groups is 1. The van der Waals surface area contributed by atoms with Gasteiger partial charge in [0.05, 0.1) is 5.02 Å². The number of thiophene rings is 1. The number of anilines is 1. The van der Waals surface area contributed by atoms with Crippen molar-refractivity contribution in [2.45, 2.75) is 19.4 Å². The van der Waals surface area contributed by atoms with Crippen molar-refractivity contribution in [3.8, 4) is 0 Å². The maximum Gasteiger partial charge on any atom is 0.271 e. The molecule has 5 nitrogen and oxygen atoms in total. The Morgan fingerprint density at radius 2 is 2.30 bits per heavy atom. The molecule has 106 valence electrons. The minimum Gasteiger partial charge on any atom is -0.348 e. The third-order valence-corrected chi connectivity index (χ3v) is 3.88. The van der Waals surface area contributed by atoms with Gasteiger partial charge in [-0.05, 0) is 30.5 Å². The third kappa shape index (κ3) is 3.69. The summed E-state index contributed by atoms with van der Waals surface area (Å²) < 4.78 is 0. The number of nitrogens with zero attached hydrogens (tertiary/aromatic N) is 1. The van der Waals surface area contributed by atoms with E-state index in [0.717, 1.165) is 6.42 Å². The second-order valence-electron chi connectivity index (χ2n) is 4.33. The van der Waals surface area contributed by atoms with Crippen LogP contribution >= 0.6 is 22.9 Å². The van der Waals surface area contributed by atoms with Crippen molar-refractivity contribution in [1.82, 2.24) is 10.3 Å². The van der Waals surface area contributed by atoms with Gasteiger partial charge in [0.1, 0.15) is 11.5 Å². The van der Waals surface area contributed by atoms with Crippen LogP contribution < -0.4 is 16.6 Å². The minimum absolute atomic E-state index is 0.00601. The van der Waals surface area contributed by atoms with Crippen molar-refractivity contribution in [2.75, 3.05) is 5.43 Å². The van der Waals surface area contributed by atoms with E-state index < -0.39 is 0 Å². The second kappa shape index (κ2) is 6.69. The van der Waals surface area contributed by atoms with Gasteiger partial charge >= 0.3 is 0 Å². The van der Waals surface area contributed by atoms with Crippen LogP contribution in [0.15, 0.2) is 29.6 Å². The number of nitrogen functional groups attached to an aromatic ring is 1. The van der Waals surface area contributed by atoms with E-state index in [1.165, 1.54) is 4.88 Å². The zero-order valence-electron chi connectivity index (χ0n) is 10.9. The molecule has 2 heterocycles. The smallest absolute Gasteiger partial charge is 0.271 e. The number of nitrogens with two attached hydrogens (primary N) is 1. The molecule has 2 aromatic rings. The van der Waals surface area contributed by atoms with Gasteiger partial charge in [0.15, 0.2) is 0 Å². The molecule has 0 aromatic carbocycles. The number of hydrogen-bond donors (Lipinski definition) is 3. The van der Waals surface area contributed by atoms with Gasteiger partial charge in [-0.1, -0.05) is 17.7 Å². The van der Waals surface area contributed by atoms with Crippen LogP contribution in [0.4, 0.5) is 5.82 Å². The van der Waals surface area contributed by atoms with Crippen LogP contribution in [0.3, 0.4) is 0 Å². The normalized spacial score (nSPS) is 11.9. The van der Waals surface area contributed by atoms with Gasteiger partial charge in [-0.3, -0.25) is 4.79 Å². The van der Waals surface area contributed by atoms with Gasteiger partial charge in [0.25, 0.3) is 5.91 Å². The van der Waals surface area contributed by atoms with Gasteiger partial charge in [0, 0.05) is 17.3 Å². The van der Waals surface area contributed by atoms with E-state index in [0.29, 0.717) is 10.8 Å². The van der Waals surface area contributed by atoms with E-state index >= 15 is 0 Å². The molecule has 1 unspecified atom stereocenters. The Kier molecular flexibility index (Phi) is 4.94. The highest BCUT2D eigenvalue weighted by Gasteiger charge is 2.16. The highest BCUT2D eigenvalue weighted by Crippen LogP contribution is 2.17. The van der Waals surface area contributed by atoms with Crippen LogP contribution in [0.25, 0.3) is 0 Å². The van der Waals surface area contributed by atoms with Gasteiger partial charge in [0.2, 0.25) is 0 Å². The average molecular weight is 311 g/mol. The van der Waals surface area contributed by atoms with E-state index in [-0.39, 0.29) is 17.6 Å². The summed E-state index contributed by atoms with van der Waals surface area (Å²) in [6, 6.07) is 7.21. The lowest BCUT2D eigenvalue weighted by molar-refractivity contribution is 0.0935. The average Bonchev–Trinajstić information content (AvgIpc) is 2.91. The largest absolute Gasteiger partial charge is 0.348 e. The molecule has 7 heteroatoms. The van der Waals surface area contributed by atoms with Crippen molar-refractivity contribution < 1.29 is 4.79 Å². The van der Waals surface area contributed by atoms with Crippen molar-refractivity contribution in [2.24, 2.45) is 5.84 Å². The molecule has 2 rings (SSSR count). The number of aromatic nitrogens is 1. The van der Waals surface area contributed by atoms with Gasteiger partial charge in [-0.25, -0.2) is 10.8 Å². The molecule has 0 saturated carbocycles. The third-order valence-electron chi connectivity index (χ3n) is 2.67. The first-order chi connectivity index (χ1) is 9.60. The second-order valence-corrected chi connectivity index (χ2v) is 5.77. The fraction of sp³-hybridized carbons (Fsp3) is 0.231. The molecule has 0 aliphatic carbocycles. The predicted molar refractivity (Wildman–Crippen MR) is 82.0 cm³/mol. The Morgan fingerprint density at radius 3 is 2.95 bits per heavy atom. The predicted octanol–water partition coefficient (Wildman–Crippen LogP) is 2.44. The first kappa shape index (κ1) is 14.8. The topological polar surface area (TPSA) is 80.0 Å². The van der Waals surface area contributed by atoms with E-state index in [2.05, 4.69) is 15.7 Å². The number of hydrogen-bond acceptors (Lipinski definition) is 5. The van der Waals surface area contributed by atoms with E-state index in [4.69, 9.17) is 17.4 Å². The molecular weight excluding hydrogens is 296 g/mol. The summed E-state index contributed by atoms with van der Waals surface area (Å²) >= 11 is 7.65. The molecule has 0 aliphatic heterocycles. The van der Waals surface area contributed by atoms with Crippen LogP contribution in [0.5, 0.6) is 0 Å². The highest BCUT2D eigenvalue weighted by atomic mass is 35.5. The van der Waals surface area contributed by atoms with Gasteiger partial charge < -0.3 is 10.7 Å². The van der Waals surface area contributed by atoms with E-state index in [9.17, 15) is 4.79 Å². The Morgan fingerprint density at radius 1 is 1.50 bits per heavy atom. The molecule has 0 bridgehead atoms. The van der Waals surface area contributed by atoms with Crippen LogP contribution in [-0.2, 0) is 6.42 Å². The lowest BCUT2D eigenvalue weighted by atomic mass is 10.2. The fourth-order valence-corrected chi connectivity index (χ4v) is 2.78.